The number of aliphatic hydroxyl groups is 1. The Balaban J connectivity index is 0.000000783. The summed E-state index contributed by atoms with van der Waals surface area (Å²) in [4.78, 5) is 111. The fourth-order valence-corrected chi connectivity index (χ4v) is 21.3. The lowest BCUT2D eigenvalue weighted by molar-refractivity contribution is -0.250. The lowest BCUT2D eigenvalue weighted by Gasteiger charge is -2.69. The van der Waals surface area contributed by atoms with Crippen LogP contribution in [0, 0.1) is 114 Å². The molecule has 0 saturated heterocycles. The molecule has 0 radical (unpaired) electrons. The van der Waals surface area contributed by atoms with E-state index in [2.05, 4.69) is 165 Å². The zero-order valence-electron chi connectivity index (χ0n) is 84.5. The third kappa shape index (κ3) is 53.1. The highest BCUT2D eigenvalue weighted by Crippen LogP contribution is 2.74. The number of ketones is 4. The number of carbonyl (C=O) groups is 8. The fourth-order valence-electron chi connectivity index (χ4n) is 17.1. The molecule has 1 unspecified atom stereocenters. The van der Waals surface area contributed by atoms with Crippen molar-refractivity contribution in [3.05, 3.63) is 11.4 Å². The van der Waals surface area contributed by atoms with E-state index in [1.54, 1.807) is 0 Å². The maximum absolute atomic E-state index is 14.6. The van der Waals surface area contributed by atoms with Gasteiger partial charge < -0.3 is 102 Å². The summed E-state index contributed by atoms with van der Waals surface area (Å²) in [7, 11) is -2.32. The van der Waals surface area contributed by atoms with Gasteiger partial charge in [0.25, 0.3) is 8.53 Å². The molecule has 0 heterocycles. The highest BCUT2D eigenvalue weighted by molar-refractivity contribution is 7.47. The van der Waals surface area contributed by atoms with Crippen molar-refractivity contribution >= 4 is 63.7 Å². The van der Waals surface area contributed by atoms with Crippen molar-refractivity contribution in [1.82, 2.24) is 35.3 Å². The molecule has 0 aromatic heterocycles. The second-order valence-electron chi connectivity index (χ2n) is 36.9. The molecule has 6 aliphatic rings. The Morgan fingerprint density at radius 1 is 0.380 bits per heavy atom. The summed E-state index contributed by atoms with van der Waals surface area (Å²) in [6.07, 6.45) is 38.8. The third-order valence-electron chi connectivity index (χ3n) is 23.6. The molecule has 4 amide bonds. The second kappa shape index (κ2) is 74.0. The van der Waals surface area contributed by atoms with Crippen LogP contribution in [0.15, 0.2) is 0 Å². The Morgan fingerprint density at radius 3 is 0.927 bits per heavy atom. The molecule has 6 saturated carbocycles. The van der Waals surface area contributed by atoms with Crippen LogP contribution >= 0.6 is 17.0 Å². The third-order valence-corrected chi connectivity index (χ3v) is 28.9. The molecule has 137 heavy (non-hydrogen) atoms. The van der Waals surface area contributed by atoms with Gasteiger partial charge in [0.15, 0.2) is 8.45 Å². The van der Waals surface area contributed by atoms with Crippen LogP contribution in [0.4, 0.5) is 0 Å². The summed E-state index contributed by atoms with van der Waals surface area (Å²) < 4.78 is 90.4. The summed E-state index contributed by atoms with van der Waals surface area (Å²) >= 11 is 0. The van der Waals surface area contributed by atoms with Crippen LogP contribution in [-0.4, -0.2) is 318 Å². The average Bonchev–Trinajstić information content (AvgIpc) is 0.691. The van der Waals surface area contributed by atoms with E-state index < -0.39 is 49.8 Å². The first-order valence-corrected chi connectivity index (χ1v) is 51.0. The van der Waals surface area contributed by atoms with Gasteiger partial charge in [0.1, 0.15) is 69.4 Å². The number of carbonyl (C=O) groups excluding carboxylic acids is 8. The molecule has 6 rings (SSSR count). The van der Waals surface area contributed by atoms with Crippen LogP contribution in [0.1, 0.15) is 244 Å². The van der Waals surface area contributed by atoms with E-state index in [1.165, 1.54) is 0 Å². The summed E-state index contributed by atoms with van der Waals surface area (Å²) in [5.41, 5.74) is -4.02. The van der Waals surface area contributed by atoms with Crippen molar-refractivity contribution in [1.29, 1.82) is 5.26 Å². The van der Waals surface area contributed by atoms with Gasteiger partial charge in [-0.3, -0.25) is 38.4 Å². The number of rotatable bonds is 85. The predicted molar refractivity (Wildman–Crippen MR) is 528 cm³/mol. The predicted octanol–water partition coefficient (Wildman–Crippen LogP) is 11.2. The number of nitrogens with zero attached hydrogens (tertiary/aromatic N) is 5. The molecular formula is C102H165N9O24P2. The van der Waals surface area contributed by atoms with Gasteiger partial charge in [-0.2, -0.15) is 5.26 Å². The molecule has 6 fully saturated rings. The molecule has 1 atom stereocenters. The monoisotopic (exact) mass is 1960 g/mol. The van der Waals surface area contributed by atoms with Gasteiger partial charge in [0.2, 0.25) is 30.2 Å². The standard InChI is InChI=1S/C48H75N4O12P.C39H58N2O11.C15H32N3OP/c1-8-23-57-30-33-60-26-11-13-42(53)14-17-46(18-15-44(55)50-21-28-61-34-31-58-24-9-2,19-16-45(56)51-22-29-62-35-32-59-25-10-3)36-43(54)47-37-48(38-47,39-47)64-65(63-27-12-20-49)52(40(4)5)41(6)7;1-4-17-47-23-26-50-20-7-8-33(42)9-12-37(29-34(43)38-30-39(46,31-38)32-38,13-10-35(44)40-15-21-51-27-24-48-18-5-2)14-11-36(45)41-16-22-52-28-25-49-19-6-3;1-12(2)17(13(3)4)20(19-11-10-16-9)18(14(5)6)15(7)8/h1-3,40-41H,11-19,21-39H2,4-7H3,(H,50,55)(H,51,56);1-3,46H,7-32H2,(H,40,44)(H,41,45);12-15H,10-11H2,1-8H3. The Hall–Kier alpha value is -7.00. The van der Waals surface area contributed by atoms with Crippen molar-refractivity contribution < 1.29 is 114 Å². The molecule has 5 N–H and O–H groups in total. The fraction of sp³-hybridized carbons (Fsp3) is 0.784. The number of hydrogen-bond donors (Lipinski definition) is 5. The lowest BCUT2D eigenvalue weighted by Crippen LogP contribution is -2.71. The van der Waals surface area contributed by atoms with Gasteiger partial charge in [-0.15, -0.1) is 38.5 Å². The topological polar surface area (TPSA) is 381 Å². The molecule has 35 heteroatoms. The number of Topliss-reactive ketones (excluding diaryl/α,β-unsaturated/α-hetero) is 4. The van der Waals surface area contributed by atoms with Gasteiger partial charge in [-0.1, -0.05) is 35.5 Å². The van der Waals surface area contributed by atoms with E-state index in [9.17, 15) is 48.7 Å². The molecule has 772 valence electrons. The molecule has 6 aliphatic carbocycles. The van der Waals surface area contributed by atoms with Crippen LogP contribution in [-0.2, 0) is 109 Å². The average molecular weight is 1960 g/mol. The molecular weight excluding hydrogens is 1800 g/mol. The quantitative estimate of drug-likeness (QED) is 0.0163. The smallest absolute Gasteiger partial charge is 0.259 e. The minimum absolute atomic E-state index is 0.0112. The largest absolute Gasteiger partial charge is 0.390 e. The first kappa shape index (κ1) is 126. The van der Waals surface area contributed by atoms with Crippen LogP contribution in [0.2, 0.25) is 0 Å². The number of nitriles is 1. The molecule has 4 bridgehead atoms. The number of hydrogen-bond acceptors (Lipinski definition) is 28. The van der Waals surface area contributed by atoms with Crippen molar-refractivity contribution in [2.45, 2.75) is 291 Å². The normalized spacial score (nSPS) is 17.4. The van der Waals surface area contributed by atoms with Gasteiger partial charge in [0.05, 0.1) is 136 Å². The number of terminal acetylenes is 6. The minimum Gasteiger partial charge on any atom is -0.390 e. The molecule has 0 aromatic rings. The minimum atomic E-state index is -1.48. The first-order chi connectivity index (χ1) is 65.6. The van der Waals surface area contributed by atoms with Gasteiger partial charge in [-0.25, -0.2) is 20.6 Å². The highest BCUT2D eigenvalue weighted by Gasteiger charge is 2.74. The van der Waals surface area contributed by atoms with E-state index in [-0.39, 0.29) is 209 Å². The van der Waals surface area contributed by atoms with E-state index in [0.717, 1.165) is 0 Å². The Kier molecular flexibility index (Phi) is 68.1. The molecule has 33 nitrogen and oxygen atoms in total. The molecule has 0 aliphatic heterocycles. The van der Waals surface area contributed by atoms with Gasteiger partial charge in [-0.05, 0) is 184 Å². The van der Waals surface area contributed by atoms with Crippen LogP contribution in [0.5, 0.6) is 0 Å². The SMILES string of the molecule is C#CCOCCOCCCC(=O)CCC(CCC(=O)NCCOCCOCC#C)(CCC(=O)NCCOCCOCC#C)CC(=O)C12CC(O)(C1)C2.C#CCOCCOCCCC(=O)CCC(CCC(=O)NCCOCCOCC#C)(CCC(=O)NCCOCCOCC#C)CC(=O)C12CC(OP(OCCC#N)N(C(C)C)C(C)C)(C1)C2.[C-]#[N+]CCOP(N(C(C)C)C(C)C)N(C(C)C)C(C)C. The second-order valence-corrected chi connectivity index (χ2v) is 39.9. The van der Waals surface area contributed by atoms with E-state index in [4.69, 9.17) is 116 Å². The Labute approximate surface area is 822 Å². The molecule has 0 spiro atoms. The van der Waals surface area contributed by atoms with E-state index in [0.29, 0.717) is 239 Å². The summed E-state index contributed by atoms with van der Waals surface area (Å²) in [5.74, 6) is 13.6. The maximum Gasteiger partial charge on any atom is 0.259 e. The zero-order valence-corrected chi connectivity index (χ0v) is 86.3. The van der Waals surface area contributed by atoms with E-state index >= 15 is 0 Å². The van der Waals surface area contributed by atoms with Crippen LogP contribution in [0.25, 0.3) is 4.85 Å². The molecule has 0 aromatic carbocycles. The van der Waals surface area contributed by atoms with Crippen molar-refractivity contribution in [3.8, 4) is 80.1 Å². The lowest BCUT2D eigenvalue weighted by atomic mass is 9.39. The van der Waals surface area contributed by atoms with Gasteiger partial charge in [0, 0.05) is 151 Å². The summed E-state index contributed by atoms with van der Waals surface area (Å²) in [5, 5.41) is 31.0. The summed E-state index contributed by atoms with van der Waals surface area (Å²) in [6.45, 7) is 42.6. The number of ether oxygens (including phenoxy) is 12. The maximum atomic E-state index is 14.6. The van der Waals surface area contributed by atoms with Crippen LogP contribution < -0.4 is 21.3 Å². The van der Waals surface area contributed by atoms with E-state index in [1.807, 2.05) is 0 Å². The number of nitrogens with one attached hydrogen (secondary N) is 4. The Bertz CT molecular complexity index is 3510. The van der Waals surface area contributed by atoms with Crippen molar-refractivity contribution in [3.63, 3.8) is 0 Å². The van der Waals surface area contributed by atoms with Crippen molar-refractivity contribution in [2.75, 3.05) is 205 Å². The van der Waals surface area contributed by atoms with Crippen LogP contribution in [0.3, 0.4) is 0 Å². The Morgan fingerprint density at radius 2 is 0.657 bits per heavy atom. The number of amides is 4. The summed E-state index contributed by atoms with van der Waals surface area (Å²) in [6, 6.07) is 4.10. The van der Waals surface area contributed by atoms with Gasteiger partial charge >= 0.3 is 0 Å². The first-order valence-electron chi connectivity index (χ1n) is 48.7. The zero-order chi connectivity index (χ0) is 102. The van der Waals surface area contributed by atoms with Crippen molar-refractivity contribution in [2.24, 2.45) is 21.7 Å². The highest BCUT2D eigenvalue weighted by atomic mass is 31.2.